The van der Waals surface area contributed by atoms with Gasteiger partial charge in [0.15, 0.2) is 0 Å². The molecule has 1 amide bonds. The molecule has 0 atom stereocenters. The summed E-state index contributed by atoms with van der Waals surface area (Å²) >= 11 is 2.91. The van der Waals surface area contributed by atoms with E-state index in [-0.39, 0.29) is 10.2 Å². The van der Waals surface area contributed by atoms with Crippen molar-refractivity contribution in [3.05, 3.63) is 27.7 Å². The molecule has 0 aliphatic heterocycles. The largest absolute Gasteiger partial charge is 0.444 e. The van der Waals surface area contributed by atoms with Gasteiger partial charge in [0.05, 0.1) is 11.3 Å². The van der Waals surface area contributed by atoms with Gasteiger partial charge in [0.2, 0.25) is 0 Å². The number of benzene rings is 1. The number of carbonyl (C=O) groups is 1. The van der Waals surface area contributed by atoms with E-state index in [1.165, 1.54) is 6.07 Å². The Hall–Kier alpha value is -1.24. The maximum atomic E-state index is 13.3. The highest BCUT2D eigenvalue weighted by Gasteiger charge is 2.37. The van der Waals surface area contributed by atoms with E-state index in [2.05, 4.69) is 21.2 Å². The molecular weight excluding hydrogens is 363 g/mol. The summed E-state index contributed by atoms with van der Waals surface area (Å²) in [4.78, 5) is 11.9. The number of amides is 1. The van der Waals surface area contributed by atoms with Crippen LogP contribution < -0.4 is 5.32 Å². The van der Waals surface area contributed by atoms with Crippen LogP contribution in [0.15, 0.2) is 16.6 Å². The molecule has 0 radical (unpaired) electrons. The summed E-state index contributed by atoms with van der Waals surface area (Å²) in [5.41, 5.74) is -1.52. The maximum Gasteiger partial charge on any atom is 0.419 e. The molecule has 0 saturated heterocycles. The molecule has 0 aromatic heterocycles. The molecule has 7 heteroatoms. The van der Waals surface area contributed by atoms with Crippen LogP contribution in [0.3, 0.4) is 0 Å². The van der Waals surface area contributed by atoms with Gasteiger partial charge in [0, 0.05) is 4.47 Å². The molecule has 0 unspecified atom stereocenters. The van der Waals surface area contributed by atoms with Gasteiger partial charge in [-0.05, 0) is 38.8 Å². The summed E-state index contributed by atoms with van der Waals surface area (Å²) in [5, 5.41) is 2.26. The molecule has 0 aliphatic rings. The standard InChI is InChI=1S/C15H19BrF3NO2/c1-5-6-9-7-8-10(16)11(15(17,18)19)12(9)20-13(21)22-14(2,3)4/h7-8H,5-6H2,1-4H3,(H,20,21). The Morgan fingerprint density at radius 2 is 1.86 bits per heavy atom. The van der Waals surface area contributed by atoms with Gasteiger partial charge in [-0.2, -0.15) is 13.2 Å². The fourth-order valence-electron chi connectivity index (χ4n) is 1.92. The number of alkyl halides is 3. The lowest BCUT2D eigenvalue weighted by molar-refractivity contribution is -0.137. The second-order valence-corrected chi connectivity index (χ2v) is 6.69. The van der Waals surface area contributed by atoms with Gasteiger partial charge in [-0.25, -0.2) is 4.79 Å². The minimum atomic E-state index is -4.59. The van der Waals surface area contributed by atoms with E-state index in [0.717, 1.165) is 0 Å². The van der Waals surface area contributed by atoms with Crippen LogP contribution in [0, 0.1) is 0 Å². The summed E-state index contributed by atoms with van der Waals surface area (Å²) in [6.07, 6.45) is -4.43. The van der Waals surface area contributed by atoms with E-state index in [1.807, 2.05) is 6.92 Å². The Bertz CT molecular complexity index is 551. The van der Waals surface area contributed by atoms with Gasteiger partial charge in [-0.15, -0.1) is 0 Å². The molecule has 3 nitrogen and oxygen atoms in total. The minimum Gasteiger partial charge on any atom is -0.444 e. The third-order valence-electron chi connectivity index (χ3n) is 2.67. The average Bonchev–Trinajstić information content (AvgIpc) is 2.28. The van der Waals surface area contributed by atoms with Gasteiger partial charge in [0.1, 0.15) is 5.60 Å². The van der Waals surface area contributed by atoms with Crippen LogP contribution in [0.5, 0.6) is 0 Å². The van der Waals surface area contributed by atoms with E-state index >= 15 is 0 Å². The molecule has 0 fully saturated rings. The minimum absolute atomic E-state index is 0.120. The van der Waals surface area contributed by atoms with Gasteiger partial charge in [-0.1, -0.05) is 35.3 Å². The summed E-state index contributed by atoms with van der Waals surface area (Å²) in [6.45, 7) is 6.79. The van der Waals surface area contributed by atoms with Crippen molar-refractivity contribution >= 4 is 27.7 Å². The lowest BCUT2D eigenvalue weighted by Gasteiger charge is -2.23. The molecule has 1 rings (SSSR count). The normalized spacial score (nSPS) is 12.2. The van der Waals surface area contributed by atoms with Gasteiger partial charge in [0.25, 0.3) is 0 Å². The summed E-state index contributed by atoms with van der Waals surface area (Å²) < 4.78 is 44.8. The molecule has 22 heavy (non-hydrogen) atoms. The highest BCUT2D eigenvalue weighted by molar-refractivity contribution is 9.10. The smallest absolute Gasteiger partial charge is 0.419 e. The number of rotatable bonds is 3. The second-order valence-electron chi connectivity index (χ2n) is 5.83. The Labute approximate surface area is 136 Å². The van der Waals surface area contributed by atoms with Gasteiger partial charge >= 0.3 is 12.3 Å². The highest BCUT2D eigenvalue weighted by Crippen LogP contribution is 2.42. The predicted octanol–water partition coefficient (Wildman–Crippen LogP) is 5.77. The summed E-state index contributed by atoms with van der Waals surface area (Å²) in [7, 11) is 0. The van der Waals surface area contributed by atoms with E-state index in [4.69, 9.17) is 4.74 Å². The first-order chi connectivity index (χ1) is 9.95. The molecule has 124 valence electrons. The zero-order valence-corrected chi connectivity index (χ0v) is 14.5. The second kappa shape index (κ2) is 6.89. The molecule has 0 spiro atoms. The molecule has 0 aliphatic carbocycles. The molecular formula is C15H19BrF3NO2. The Morgan fingerprint density at radius 3 is 2.32 bits per heavy atom. The van der Waals surface area contributed by atoms with Crippen LogP contribution in [-0.2, 0) is 17.3 Å². The first-order valence-corrected chi connectivity index (χ1v) is 7.63. The fourth-order valence-corrected chi connectivity index (χ4v) is 2.48. The number of nitrogens with one attached hydrogen (secondary N) is 1. The van der Waals surface area contributed by atoms with Crippen molar-refractivity contribution in [2.45, 2.75) is 52.3 Å². The number of ether oxygens (including phenoxy) is 1. The molecule has 0 saturated carbocycles. The van der Waals surface area contributed by atoms with Gasteiger partial charge < -0.3 is 4.74 Å². The van der Waals surface area contributed by atoms with Crippen LogP contribution >= 0.6 is 15.9 Å². The monoisotopic (exact) mass is 381 g/mol. The third kappa shape index (κ3) is 5.19. The van der Waals surface area contributed by atoms with Crippen LogP contribution in [0.25, 0.3) is 0 Å². The van der Waals surface area contributed by atoms with Crippen molar-refractivity contribution in [3.8, 4) is 0 Å². The summed E-state index contributed by atoms with van der Waals surface area (Å²) in [6, 6.07) is 2.91. The lowest BCUT2D eigenvalue weighted by Crippen LogP contribution is -2.28. The number of hydrogen-bond acceptors (Lipinski definition) is 2. The number of halogens is 4. The van der Waals surface area contributed by atoms with Crippen LogP contribution in [0.2, 0.25) is 0 Å². The Kier molecular flexibility index (Phi) is 5.89. The predicted molar refractivity (Wildman–Crippen MR) is 83.0 cm³/mol. The van der Waals surface area contributed by atoms with E-state index in [1.54, 1.807) is 26.8 Å². The van der Waals surface area contributed by atoms with Crippen molar-refractivity contribution in [2.75, 3.05) is 5.32 Å². The first kappa shape index (κ1) is 18.8. The van der Waals surface area contributed by atoms with Crippen molar-refractivity contribution in [1.29, 1.82) is 0 Å². The van der Waals surface area contributed by atoms with Crippen molar-refractivity contribution in [3.63, 3.8) is 0 Å². The SMILES string of the molecule is CCCc1ccc(Br)c(C(F)(F)F)c1NC(=O)OC(C)(C)C. The number of carbonyl (C=O) groups excluding carboxylic acids is 1. The first-order valence-electron chi connectivity index (χ1n) is 6.84. The zero-order chi connectivity index (χ0) is 17.1. The van der Waals surface area contributed by atoms with Crippen molar-refractivity contribution in [2.24, 2.45) is 0 Å². The number of aryl methyl sites for hydroxylation is 1. The molecule has 1 aromatic rings. The zero-order valence-electron chi connectivity index (χ0n) is 12.9. The van der Waals surface area contributed by atoms with Crippen molar-refractivity contribution in [1.82, 2.24) is 0 Å². The quantitative estimate of drug-likeness (QED) is 0.721. The molecule has 0 bridgehead atoms. The molecule has 1 N–H and O–H groups in total. The lowest BCUT2D eigenvalue weighted by atomic mass is 10.0. The van der Waals surface area contributed by atoms with Crippen molar-refractivity contribution < 1.29 is 22.7 Å². The molecule has 0 heterocycles. The van der Waals surface area contributed by atoms with Gasteiger partial charge in [-0.3, -0.25) is 5.32 Å². The Morgan fingerprint density at radius 1 is 1.27 bits per heavy atom. The highest BCUT2D eigenvalue weighted by atomic mass is 79.9. The number of hydrogen-bond donors (Lipinski definition) is 1. The molecule has 1 aromatic carbocycles. The van der Waals surface area contributed by atoms with Crippen LogP contribution in [0.4, 0.5) is 23.7 Å². The fraction of sp³-hybridized carbons (Fsp3) is 0.533. The van der Waals surface area contributed by atoms with Crippen LogP contribution in [0.1, 0.15) is 45.2 Å². The number of anilines is 1. The van der Waals surface area contributed by atoms with Crippen LogP contribution in [-0.4, -0.2) is 11.7 Å². The average molecular weight is 382 g/mol. The maximum absolute atomic E-state index is 13.3. The third-order valence-corrected chi connectivity index (χ3v) is 3.33. The van der Waals surface area contributed by atoms with E-state index in [0.29, 0.717) is 18.4 Å². The van der Waals surface area contributed by atoms with E-state index in [9.17, 15) is 18.0 Å². The van der Waals surface area contributed by atoms with E-state index < -0.39 is 23.4 Å². The topological polar surface area (TPSA) is 38.3 Å². The summed E-state index contributed by atoms with van der Waals surface area (Å²) in [5.74, 6) is 0. The Balaban J connectivity index is 3.29.